The van der Waals surface area contributed by atoms with Gasteiger partial charge in [0.15, 0.2) is 0 Å². The van der Waals surface area contributed by atoms with Gasteiger partial charge >= 0.3 is 6.18 Å². The van der Waals surface area contributed by atoms with Crippen LogP contribution in [0.3, 0.4) is 0 Å². The molecule has 1 saturated heterocycles. The fourth-order valence-electron chi connectivity index (χ4n) is 2.67. The first kappa shape index (κ1) is 19.2. The van der Waals surface area contributed by atoms with Crippen molar-refractivity contribution in [3.8, 4) is 0 Å². The van der Waals surface area contributed by atoms with Crippen molar-refractivity contribution in [3.05, 3.63) is 40.7 Å². The Labute approximate surface area is 155 Å². The average Bonchev–Trinajstić information content (AvgIpc) is 3.21. The predicted molar refractivity (Wildman–Crippen MR) is 88.3 cm³/mol. The molecule has 3 rings (SSSR count). The molecule has 1 aromatic carbocycles. The number of carbonyl (C=O) groups excluding carboxylic acids is 2. The van der Waals surface area contributed by atoms with Gasteiger partial charge in [0.1, 0.15) is 5.82 Å². The lowest BCUT2D eigenvalue weighted by molar-refractivity contribution is -0.138. The largest absolute Gasteiger partial charge is 0.445 e. The lowest BCUT2D eigenvalue weighted by Gasteiger charge is -2.16. The van der Waals surface area contributed by atoms with Gasteiger partial charge in [-0.25, -0.2) is 4.39 Å². The van der Waals surface area contributed by atoms with Crippen LogP contribution in [-0.2, 0) is 22.2 Å². The zero-order chi connectivity index (χ0) is 19.6. The van der Waals surface area contributed by atoms with E-state index in [0.717, 1.165) is 5.56 Å². The van der Waals surface area contributed by atoms with Crippen molar-refractivity contribution in [2.45, 2.75) is 19.0 Å². The van der Waals surface area contributed by atoms with Crippen molar-refractivity contribution in [2.24, 2.45) is 5.92 Å². The van der Waals surface area contributed by atoms with Crippen LogP contribution in [0.25, 0.3) is 0 Å². The summed E-state index contributed by atoms with van der Waals surface area (Å²) in [6.07, 6.45) is -4.15. The van der Waals surface area contributed by atoms with Crippen molar-refractivity contribution < 1.29 is 27.2 Å². The molecule has 1 fully saturated rings. The molecule has 2 amide bonds. The minimum atomic E-state index is -4.62. The van der Waals surface area contributed by atoms with Gasteiger partial charge in [0.2, 0.25) is 22.0 Å². The number of nitrogens with one attached hydrogen (secondary N) is 1. The molecule has 0 spiro atoms. The molecule has 11 heteroatoms. The zero-order valence-corrected chi connectivity index (χ0v) is 14.6. The van der Waals surface area contributed by atoms with E-state index < -0.39 is 23.0 Å². The number of nitrogens with zero attached hydrogens (tertiary/aromatic N) is 3. The second-order valence-electron chi connectivity index (χ2n) is 6.02. The van der Waals surface area contributed by atoms with Gasteiger partial charge in [0.05, 0.1) is 5.92 Å². The lowest BCUT2D eigenvalue weighted by atomic mass is 10.1. The Bertz CT molecular complexity index is 838. The molecule has 2 aromatic rings. The van der Waals surface area contributed by atoms with Crippen LogP contribution in [-0.4, -0.2) is 40.0 Å². The molecule has 1 aliphatic heterocycles. The molecule has 2 heterocycles. The quantitative estimate of drug-likeness (QED) is 0.781. The molecule has 1 atom stereocenters. The first-order valence-electron chi connectivity index (χ1n) is 7.96. The second-order valence-corrected chi connectivity index (χ2v) is 6.99. The van der Waals surface area contributed by atoms with Crippen LogP contribution in [0.15, 0.2) is 24.3 Å². The van der Waals surface area contributed by atoms with E-state index in [-0.39, 0.29) is 41.2 Å². The summed E-state index contributed by atoms with van der Waals surface area (Å²) < 4.78 is 50.4. The molecule has 1 aliphatic rings. The van der Waals surface area contributed by atoms with E-state index in [4.69, 9.17) is 0 Å². The van der Waals surface area contributed by atoms with Gasteiger partial charge in [0.25, 0.3) is 0 Å². The van der Waals surface area contributed by atoms with Crippen LogP contribution >= 0.6 is 11.3 Å². The number of benzene rings is 1. The Morgan fingerprint density at radius 1 is 1.26 bits per heavy atom. The smallest absolute Gasteiger partial charge is 0.342 e. The molecule has 1 N–H and O–H groups in total. The number of hydrogen-bond donors (Lipinski definition) is 1. The number of rotatable bonds is 5. The summed E-state index contributed by atoms with van der Waals surface area (Å²) in [7, 11) is 0. The zero-order valence-electron chi connectivity index (χ0n) is 13.8. The summed E-state index contributed by atoms with van der Waals surface area (Å²) in [6.45, 7) is 0.530. The summed E-state index contributed by atoms with van der Waals surface area (Å²) in [5, 5.41) is 7.17. The molecular formula is C16H14F4N4O2S. The van der Waals surface area contributed by atoms with Crippen LogP contribution < -0.4 is 5.32 Å². The van der Waals surface area contributed by atoms with Crippen LogP contribution in [0.4, 0.5) is 22.7 Å². The van der Waals surface area contributed by atoms with Crippen molar-refractivity contribution in [3.63, 3.8) is 0 Å². The number of anilines is 1. The maximum Gasteiger partial charge on any atom is 0.445 e. The third kappa shape index (κ3) is 4.79. The Kier molecular flexibility index (Phi) is 5.40. The van der Waals surface area contributed by atoms with E-state index in [2.05, 4.69) is 15.5 Å². The number of aromatic nitrogens is 2. The van der Waals surface area contributed by atoms with E-state index in [1.54, 1.807) is 12.1 Å². The Hall–Kier alpha value is -2.56. The molecular weight excluding hydrogens is 388 g/mol. The van der Waals surface area contributed by atoms with E-state index in [1.807, 2.05) is 0 Å². The molecule has 6 nitrogen and oxygen atoms in total. The van der Waals surface area contributed by atoms with Gasteiger partial charge in [-0.1, -0.05) is 23.5 Å². The highest BCUT2D eigenvalue weighted by Gasteiger charge is 2.37. The number of likely N-dealkylation sites (tertiary alicyclic amines) is 1. The van der Waals surface area contributed by atoms with Crippen LogP contribution in [0.2, 0.25) is 0 Å². The summed E-state index contributed by atoms with van der Waals surface area (Å²) in [6, 6.07) is 5.89. The van der Waals surface area contributed by atoms with Crippen LogP contribution in [0.5, 0.6) is 0 Å². The highest BCUT2D eigenvalue weighted by Crippen LogP contribution is 2.33. The molecule has 1 unspecified atom stereocenters. The van der Waals surface area contributed by atoms with Gasteiger partial charge < -0.3 is 10.2 Å². The number of hydrogen-bond acceptors (Lipinski definition) is 5. The summed E-state index contributed by atoms with van der Waals surface area (Å²) in [5.74, 6) is -1.81. The average molecular weight is 402 g/mol. The number of amides is 2. The van der Waals surface area contributed by atoms with Gasteiger partial charge in [-0.15, -0.1) is 10.2 Å². The lowest BCUT2D eigenvalue weighted by Crippen LogP contribution is -2.30. The fraction of sp³-hybridized carbons (Fsp3) is 0.375. The van der Waals surface area contributed by atoms with E-state index in [0.29, 0.717) is 13.0 Å². The minimum Gasteiger partial charge on any atom is -0.342 e. The first-order chi connectivity index (χ1) is 12.7. The molecule has 0 saturated carbocycles. The monoisotopic (exact) mass is 402 g/mol. The van der Waals surface area contributed by atoms with Crippen molar-refractivity contribution in [1.82, 2.24) is 15.1 Å². The van der Waals surface area contributed by atoms with Crippen molar-refractivity contribution >= 4 is 28.3 Å². The van der Waals surface area contributed by atoms with Crippen molar-refractivity contribution in [2.75, 3.05) is 18.4 Å². The maximum atomic E-state index is 12.9. The SMILES string of the molecule is O=C(Nc1nnc(C(F)(F)F)s1)C1CC(=O)N(CCc2ccc(F)cc2)C1. The third-order valence-electron chi connectivity index (χ3n) is 4.07. The maximum absolute atomic E-state index is 12.9. The third-order valence-corrected chi connectivity index (χ3v) is 4.95. The van der Waals surface area contributed by atoms with E-state index in [9.17, 15) is 27.2 Å². The summed E-state index contributed by atoms with van der Waals surface area (Å²) >= 11 is 0.229. The molecule has 0 radical (unpaired) electrons. The van der Waals surface area contributed by atoms with Gasteiger partial charge in [-0.2, -0.15) is 13.2 Å². The summed E-state index contributed by atoms with van der Waals surface area (Å²) in [4.78, 5) is 25.8. The van der Waals surface area contributed by atoms with Gasteiger partial charge in [-0.3, -0.25) is 9.59 Å². The number of alkyl halides is 3. The molecule has 144 valence electrons. The topological polar surface area (TPSA) is 75.2 Å². The van der Waals surface area contributed by atoms with Gasteiger partial charge in [0, 0.05) is 19.5 Å². The predicted octanol–water partition coefficient (Wildman–Crippen LogP) is 2.73. The second kappa shape index (κ2) is 7.59. The van der Waals surface area contributed by atoms with E-state index >= 15 is 0 Å². The number of carbonyl (C=O) groups is 2. The fourth-order valence-corrected chi connectivity index (χ4v) is 3.29. The Morgan fingerprint density at radius 3 is 2.59 bits per heavy atom. The highest BCUT2D eigenvalue weighted by molar-refractivity contribution is 7.15. The van der Waals surface area contributed by atoms with E-state index in [1.165, 1.54) is 17.0 Å². The standard InChI is InChI=1S/C16H14F4N4O2S/c17-11-3-1-9(2-4-11)5-6-24-8-10(7-12(24)25)13(26)21-15-23-22-14(27-15)16(18,19)20/h1-4,10H,5-8H2,(H,21,23,26). The van der Waals surface area contributed by atoms with Crippen molar-refractivity contribution in [1.29, 1.82) is 0 Å². The normalized spacial score (nSPS) is 17.4. The molecule has 0 bridgehead atoms. The van der Waals surface area contributed by atoms with Gasteiger partial charge in [-0.05, 0) is 24.1 Å². The highest BCUT2D eigenvalue weighted by atomic mass is 32.1. The Balaban J connectivity index is 1.54. The number of halogens is 4. The Morgan fingerprint density at radius 2 is 1.96 bits per heavy atom. The molecule has 27 heavy (non-hydrogen) atoms. The van der Waals surface area contributed by atoms with Crippen LogP contribution in [0.1, 0.15) is 17.0 Å². The minimum absolute atomic E-state index is 0.0276. The molecule has 1 aromatic heterocycles. The molecule has 0 aliphatic carbocycles. The summed E-state index contributed by atoms with van der Waals surface area (Å²) in [5.41, 5.74) is 0.852. The first-order valence-corrected chi connectivity index (χ1v) is 8.78. The van der Waals surface area contributed by atoms with Crippen LogP contribution in [0, 0.1) is 11.7 Å².